The summed E-state index contributed by atoms with van der Waals surface area (Å²) < 4.78 is 58.2. The molecule has 56 heavy (non-hydrogen) atoms. The van der Waals surface area contributed by atoms with Gasteiger partial charge in [-0.2, -0.15) is 0 Å². The van der Waals surface area contributed by atoms with E-state index in [9.17, 15) is 28.8 Å². The van der Waals surface area contributed by atoms with Crippen molar-refractivity contribution in [2.24, 2.45) is 0 Å². The number of methoxy groups -OCH3 is 1. The van der Waals surface area contributed by atoms with Crippen molar-refractivity contribution in [1.82, 2.24) is 5.32 Å². The Morgan fingerprint density at radius 1 is 0.679 bits per heavy atom. The number of benzene rings is 3. The Morgan fingerprint density at radius 3 is 1.84 bits per heavy atom. The summed E-state index contributed by atoms with van der Waals surface area (Å²) in [6.07, 6.45) is -14.7. The highest BCUT2D eigenvalue weighted by atomic mass is 16.8. The van der Waals surface area contributed by atoms with Crippen LogP contribution in [-0.2, 0) is 68.4 Å². The Balaban J connectivity index is 1.42. The maximum absolute atomic E-state index is 13.8. The molecule has 0 saturated carbocycles. The monoisotopic (exact) mass is 777 g/mol. The van der Waals surface area contributed by atoms with Gasteiger partial charge < -0.3 is 52.7 Å². The Labute approximate surface area is 320 Å². The summed E-state index contributed by atoms with van der Waals surface area (Å²) in [5.74, 6) is -4.22. The topological polar surface area (TPSA) is 207 Å². The van der Waals surface area contributed by atoms with Crippen LogP contribution in [0.4, 0.5) is 4.79 Å². The van der Waals surface area contributed by atoms with Gasteiger partial charge in [0, 0.05) is 13.8 Å². The van der Waals surface area contributed by atoms with Gasteiger partial charge >= 0.3 is 35.9 Å². The lowest BCUT2D eigenvalue weighted by atomic mass is 9.95. The predicted molar refractivity (Wildman–Crippen MR) is 186 cm³/mol. The van der Waals surface area contributed by atoms with E-state index < -0.39 is 104 Å². The van der Waals surface area contributed by atoms with Crippen LogP contribution in [0, 0.1) is 0 Å². The van der Waals surface area contributed by atoms with Crippen molar-refractivity contribution in [3.63, 3.8) is 0 Å². The third-order valence-electron chi connectivity index (χ3n) is 8.91. The van der Waals surface area contributed by atoms with Crippen LogP contribution in [0.25, 0.3) is 0 Å². The van der Waals surface area contributed by atoms with Crippen molar-refractivity contribution >= 4 is 35.9 Å². The quantitative estimate of drug-likeness (QED) is 0.196. The SMILES string of the molecule is COC(=O)[C@H]1O[C@@H](OCc2ccccc2)[C@H](OC(=O)c2ccccc2)[C@@H](OC(=O)c2ccccc2)[C@@H]1O[C@H]1O[C@H](COC(C)=O)[C@@H](OC(C)=O)[C@@H]2OC(=O)N[C@@H]12. The number of alkyl carbamates (subject to hydrolysis) is 1. The molecule has 0 unspecified atom stereocenters. The van der Waals surface area contributed by atoms with E-state index in [-0.39, 0.29) is 17.7 Å². The standard InChI is InChI=1S/C39H39NO16/c1-21(41)48-20-26-28(50-22(2)42)29-27(40-39(46)56-29)37(51-26)54-30-31(52-34(43)24-15-9-5-10-16-24)33(53-35(44)25-17-11-6-12-18-25)38(55-32(30)36(45)47-3)49-19-23-13-7-4-8-14-23/h4-18,26-33,37-38H,19-20H2,1-3H3,(H,40,46)/t26-,27-,28-,29-,30+,31+,32+,33-,37-,38-/m1/s1. The van der Waals surface area contributed by atoms with E-state index in [1.807, 2.05) is 0 Å². The number of rotatable bonds is 13. The number of ether oxygens (including phenoxy) is 10. The van der Waals surface area contributed by atoms with Gasteiger partial charge in [-0.25, -0.2) is 19.2 Å². The molecule has 0 aliphatic carbocycles. The maximum Gasteiger partial charge on any atom is 0.408 e. The van der Waals surface area contributed by atoms with Gasteiger partial charge in [-0.1, -0.05) is 66.7 Å². The van der Waals surface area contributed by atoms with Gasteiger partial charge in [-0.3, -0.25) is 9.59 Å². The molecule has 3 aromatic rings. The summed E-state index contributed by atoms with van der Waals surface area (Å²) in [7, 11) is 1.09. The van der Waals surface area contributed by atoms with Crippen molar-refractivity contribution < 1.29 is 76.1 Å². The average Bonchev–Trinajstić information content (AvgIpc) is 3.61. The zero-order valence-corrected chi connectivity index (χ0v) is 30.4. The first-order chi connectivity index (χ1) is 27.0. The van der Waals surface area contributed by atoms with E-state index in [2.05, 4.69) is 5.32 Å². The highest BCUT2D eigenvalue weighted by Gasteiger charge is 2.60. The van der Waals surface area contributed by atoms with E-state index in [1.54, 1.807) is 66.7 Å². The Hall–Kier alpha value is -5.88. The number of fused-ring (bicyclic) bond motifs is 1. The molecular weight excluding hydrogens is 738 g/mol. The fourth-order valence-electron chi connectivity index (χ4n) is 6.37. The van der Waals surface area contributed by atoms with Crippen LogP contribution >= 0.6 is 0 Å². The molecule has 3 fully saturated rings. The third-order valence-corrected chi connectivity index (χ3v) is 8.91. The number of hydrogen-bond acceptors (Lipinski definition) is 16. The van der Waals surface area contributed by atoms with Gasteiger partial charge in [0.25, 0.3) is 0 Å². The smallest absolute Gasteiger partial charge is 0.408 e. The first-order valence-electron chi connectivity index (χ1n) is 17.5. The van der Waals surface area contributed by atoms with Crippen LogP contribution in [0.5, 0.6) is 0 Å². The van der Waals surface area contributed by atoms with Crippen LogP contribution in [0.15, 0.2) is 91.0 Å². The second kappa shape index (κ2) is 18.2. The minimum atomic E-state index is -1.75. The van der Waals surface area contributed by atoms with Crippen molar-refractivity contribution in [3.8, 4) is 0 Å². The fourth-order valence-corrected chi connectivity index (χ4v) is 6.37. The van der Waals surface area contributed by atoms with Gasteiger partial charge in [0.05, 0.1) is 24.8 Å². The number of esters is 5. The van der Waals surface area contributed by atoms with Gasteiger partial charge in [0.2, 0.25) is 0 Å². The molecule has 3 aliphatic rings. The number of carbonyl (C=O) groups is 6. The fraction of sp³-hybridized carbons (Fsp3) is 0.385. The van der Waals surface area contributed by atoms with Crippen LogP contribution in [0.3, 0.4) is 0 Å². The molecule has 3 saturated heterocycles. The molecule has 0 spiro atoms. The van der Waals surface area contributed by atoms with Crippen molar-refractivity contribution in [3.05, 3.63) is 108 Å². The number of nitrogens with one attached hydrogen (secondary N) is 1. The lowest BCUT2D eigenvalue weighted by Gasteiger charge is -2.47. The minimum Gasteiger partial charge on any atom is -0.467 e. The first kappa shape index (κ1) is 39.8. The molecule has 0 aromatic heterocycles. The summed E-state index contributed by atoms with van der Waals surface area (Å²) >= 11 is 0. The summed E-state index contributed by atoms with van der Waals surface area (Å²) in [5.41, 5.74) is 0.914. The molecule has 10 atom stereocenters. The lowest BCUT2D eigenvalue weighted by molar-refractivity contribution is -0.338. The zero-order chi connectivity index (χ0) is 39.8. The van der Waals surface area contributed by atoms with Crippen LogP contribution in [-0.4, -0.2) is 111 Å². The van der Waals surface area contributed by atoms with Crippen LogP contribution < -0.4 is 5.32 Å². The first-order valence-corrected chi connectivity index (χ1v) is 17.5. The van der Waals surface area contributed by atoms with Crippen molar-refractivity contribution in [1.29, 1.82) is 0 Å². The molecular formula is C39H39NO16. The molecule has 3 aliphatic heterocycles. The van der Waals surface area contributed by atoms with E-state index >= 15 is 0 Å². The molecule has 296 valence electrons. The van der Waals surface area contributed by atoms with E-state index in [0.717, 1.165) is 21.0 Å². The predicted octanol–water partition coefficient (Wildman–Crippen LogP) is 2.63. The maximum atomic E-state index is 13.8. The van der Waals surface area contributed by atoms with Crippen molar-refractivity contribution in [2.75, 3.05) is 13.7 Å². The number of carbonyl (C=O) groups excluding carboxylic acids is 6. The average molecular weight is 778 g/mol. The van der Waals surface area contributed by atoms with Gasteiger partial charge in [0.15, 0.2) is 43.1 Å². The van der Waals surface area contributed by atoms with Gasteiger partial charge in [-0.05, 0) is 29.8 Å². The van der Waals surface area contributed by atoms with E-state index in [4.69, 9.17) is 47.4 Å². The van der Waals surface area contributed by atoms with Crippen molar-refractivity contribution in [2.45, 2.75) is 81.8 Å². The Bertz CT molecular complexity index is 1860. The summed E-state index contributed by atoms with van der Waals surface area (Å²) in [4.78, 5) is 77.8. The molecule has 17 heteroatoms. The Morgan fingerprint density at radius 2 is 1.27 bits per heavy atom. The molecule has 1 N–H and O–H groups in total. The molecule has 0 bridgehead atoms. The molecule has 17 nitrogen and oxygen atoms in total. The van der Waals surface area contributed by atoms with Gasteiger partial charge in [0.1, 0.15) is 24.9 Å². The Kier molecular flexibility index (Phi) is 12.9. The number of amides is 1. The zero-order valence-electron chi connectivity index (χ0n) is 30.4. The van der Waals surface area contributed by atoms with Crippen LogP contribution in [0.1, 0.15) is 40.1 Å². The molecule has 6 rings (SSSR count). The highest BCUT2D eigenvalue weighted by molar-refractivity contribution is 5.90. The summed E-state index contributed by atoms with van der Waals surface area (Å²) in [5, 5.41) is 2.55. The molecule has 0 radical (unpaired) electrons. The van der Waals surface area contributed by atoms with Gasteiger partial charge in [-0.15, -0.1) is 0 Å². The van der Waals surface area contributed by atoms with E-state index in [1.165, 1.54) is 24.3 Å². The highest BCUT2D eigenvalue weighted by Crippen LogP contribution is 2.36. The number of hydrogen-bond donors (Lipinski definition) is 1. The second-order valence-electron chi connectivity index (χ2n) is 12.8. The second-order valence-corrected chi connectivity index (χ2v) is 12.8. The normalized spacial score (nSPS) is 28.0. The van der Waals surface area contributed by atoms with Crippen LogP contribution in [0.2, 0.25) is 0 Å². The largest absolute Gasteiger partial charge is 0.467 e. The lowest BCUT2D eigenvalue weighted by Crippen LogP contribution is -2.67. The minimum absolute atomic E-state index is 0.0957. The summed E-state index contributed by atoms with van der Waals surface area (Å²) in [6, 6.07) is 23.5. The molecule has 3 heterocycles. The molecule has 1 amide bonds. The molecule has 3 aromatic carbocycles. The summed E-state index contributed by atoms with van der Waals surface area (Å²) in [6.45, 7) is 1.70. The third kappa shape index (κ3) is 9.49. The van der Waals surface area contributed by atoms with E-state index in [0.29, 0.717) is 5.56 Å².